The van der Waals surface area contributed by atoms with Gasteiger partial charge in [0.15, 0.2) is 0 Å². The average Bonchev–Trinajstić information content (AvgIpc) is 3.12. The summed E-state index contributed by atoms with van der Waals surface area (Å²) in [5, 5.41) is 2.90. The number of nitrogens with zero attached hydrogens (tertiary/aromatic N) is 1. The summed E-state index contributed by atoms with van der Waals surface area (Å²) < 4.78 is 5.21. The van der Waals surface area contributed by atoms with Gasteiger partial charge in [0.25, 0.3) is 5.91 Å². The smallest absolute Gasteiger partial charge is 0.264 e. The highest BCUT2D eigenvalue weighted by Crippen LogP contribution is 2.32. The van der Waals surface area contributed by atoms with Crippen molar-refractivity contribution in [3.63, 3.8) is 0 Å². The predicted octanol–water partition coefficient (Wildman–Crippen LogP) is 5.06. The van der Waals surface area contributed by atoms with Gasteiger partial charge >= 0.3 is 0 Å². The van der Waals surface area contributed by atoms with Crippen LogP contribution in [0.2, 0.25) is 0 Å². The topological polar surface area (TPSA) is 58.6 Å². The number of rotatable bonds is 6. The summed E-state index contributed by atoms with van der Waals surface area (Å²) in [5.41, 5.74) is 4.95. The lowest BCUT2D eigenvalue weighted by Gasteiger charge is -2.17. The zero-order valence-corrected chi connectivity index (χ0v) is 18.7. The van der Waals surface area contributed by atoms with Crippen molar-refractivity contribution >= 4 is 28.8 Å². The molecule has 1 aromatic heterocycles. The van der Waals surface area contributed by atoms with Gasteiger partial charge in [0, 0.05) is 17.6 Å². The summed E-state index contributed by atoms with van der Waals surface area (Å²) in [6.07, 6.45) is 0. The molecule has 0 saturated carbocycles. The van der Waals surface area contributed by atoms with Crippen molar-refractivity contribution < 1.29 is 14.3 Å². The highest BCUT2D eigenvalue weighted by molar-refractivity contribution is 7.14. The Kier molecular flexibility index (Phi) is 6.57. The molecule has 5 nitrogen and oxygen atoms in total. The zero-order valence-electron chi connectivity index (χ0n) is 17.9. The van der Waals surface area contributed by atoms with Gasteiger partial charge in [-0.05, 0) is 67.3 Å². The zero-order chi connectivity index (χ0) is 21.8. The van der Waals surface area contributed by atoms with E-state index in [1.807, 2.05) is 69.3 Å². The Labute approximate surface area is 181 Å². The molecule has 2 aromatic carbocycles. The molecule has 0 spiro atoms. The van der Waals surface area contributed by atoms with Gasteiger partial charge in [-0.25, -0.2) is 0 Å². The molecule has 1 heterocycles. The van der Waals surface area contributed by atoms with E-state index in [0.29, 0.717) is 4.88 Å². The third-order valence-electron chi connectivity index (χ3n) is 5.14. The van der Waals surface area contributed by atoms with Crippen LogP contribution in [0.4, 0.5) is 5.69 Å². The summed E-state index contributed by atoms with van der Waals surface area (Å²) >= 11 is 1.44. The van der Waals surface area contributed by atoms with Crippen molar-refractivity contribution in [2.24, 2.45) is 0 Å². The van der Waals surface area contributed by atoms with E-state index in [1.54, 1.807) is 14.2 Å². The third-order valence-corrected chi connectivity index (χ3v) is 6.17. The highest BCUT2D eigenvalue weighted by atomic mass is 32.1. The average molecular weight is 423 g/mol. The lowest BCUT2D eigenvalue weighted by molar-refractivity contribution is -0.116. The first-order chi connectivity index (χ1) is 14.3. The summed E-state index contributed by atoms with van der Waals surface area (Å²) in [7, 11) is 3.28. The molecule has 3 aromatic rings. The second kappa shape index (κ2) is 9.13. The molecular formula is C24H26N2O3S. The van der Waals surface area contributed by atoms with E-state index >= 15 is 0 Å². The number of carbonyl (C=O) groups excluding carboxylic acids is 2. The number of ether oxygens (including phenoxy) is 1. The number of carbonyl (C=O) groups is 2. The van der Waals surface area contributed by atoms with Gasteiger partial charge < -0.3 is 15.0 Å². The highest BCUT2D eigenvalue weighted by Gasteiger charge is 2.19. The molecule has 0 saturated heterocycles. The minimum absolute atomic E-state index is 0.0129. The van der Waals surface area contributed by atoms with E-state index in [-0.39, 0.29) is 18.4 Å². The van der Waals surface area contributed by atoms with Crippen LogP contribution >= 0.6 is 11.3 Å². The van der Waals surface area contributed by atoms with Gasteiger partial charge in [-0.1, -0.05) is 24.3 Å². The lowest BCUT2D eigenvalue weighted by atomic mass is 10.1. The molecule has 0 radical (unpaired) electrons. The number of hydrogen-bond donors (Lipinski definition) is 1. The first-order valence-corrected chi connectivity index (χ1v) is 10.5. The van der Waals surface area contributed by atoms with E-state index in [1.165, 1.54) is 16.2 Å². The summed E-state index contributed by atoms with van der Waals surface area (Å²) in [5.74, 6) is 0.403. The lowest BCUT2D eigenvalue weighted by Crippen LogP contribution is -2.34. The molecule has 0 bridgehead atoms. The number of anilines is 1. The Hall–Kier alpha value is -3.12. The summed E-state index contributed by atoms with van der Waals surface area (Å²) in [4.78, 5) is 28.5. The third kappa shape index (κ3) is 4.71. The molecule has 0 aliphatic rings. The van der Waals surface area contributed by atoms with Gasteiger partial charge in [-0.3, -0.25) is 9.59 Å². The molecule has 0 unspecified atom stereocenters. The van der Waals surface area contributed by atoms with Crippen LogP contribution in [0.25, 0.3) is 11.1 Å². The van der Waals surface area contributed by atoms with Gasteiger partial charge in [0.2, 0.25) is 5.91 Å². The van der Waals surface area contributed by atoms with E-state index in [0.717, 1.165) is 38.6 Å². The maximum absolute atomic E-state index is 12.9. The predicted molar refractivity (Wildman–Crippen MR) is 123 cm³/mol. The van der Waals surface area contributed by atoms with Crippen LogP contribution in [-0.2, 0) is 4.79 Å². The minimum atomic E-state index is -0.219. The fourth-order valence-electron chi connectivity index (χ4n) is 3.20. The molecule has 0 atom stereocenters. The van der Waals surface area contributed by atoms with Gasteiger partial charge in [-0.15, -0.1) is 11.3 Å². The standard InChI is InChI=1S/C24H26N2O3S/c1-15-7-6-8-21(16(15)2)25-23(27)14-26(4)24(28)22-13-20(17(3)30-22)18-9-11-19(29-5)12-10-18/h6-13H,14H2,1-5H3,(H,25,27). The van der Waals surface area contributed by atoms with Gasteiger partial charge in [0.1, 0.15) is 5.75 Å². The Balaban J connectivity index is 1.70. The number of aryl methyl sites for hydroxylation is 2. The number of amides is 2. The largest absolute Gasteiger partial charge is 0.497 e. The van der Waals surface area contributed by atoms with Crippen molar-refractivity contribution in [1.29, 1.82) is 0 Å². The number of benzene rings is 2. The molecule has 0 fully saturated rings. The minimum Gasteiger partial charge on any atom is -0.497 e. The first-order valence-electron chi connectivity index (χ1n) is 9.66. The van der Waals surface area contributed by atoms with Crippen LogP contribution in [-0.4, -0.2) is 37.4 Å². The molecule has 1 N–H and O–H groups in total. The first kappa shape index (κ1) is 21.6. The Morgan fingerprint density at radius 3 is 2.43 bits per heavy atom. The van der Waals surface area contributed by atoms with Gasteiger partial charge in [-0.2, -0.15) is 0 Å². The van der Waals surface area contributed by atoms with Crippen molar-refractivity contribution in [2.75, 3.05) is 26.0 Å². The molecule has 6 heteroatoms. The van der Waals surface area contributed by atoms with Crippen LogP contribution in [0.1, 0.15) is 25.7 Å². The molecule has 156 valence electrons. The molecule has 0 aliphatic heterocycles. The van der Waals surface area contributed by atoms with Crippen molar-refractivity contribution in [1.82, 2.24) is 4.90 Å². The maximum Gasteiger partial charge on any atom is 0.264 e. The van der Waals surface area contributed by atoms with E-state index < -0.39 is 0 Å². The van der Waals surface area contributed by atoms with E-state index in [9.17, 15) is 9.59 Å². The number of hydrogen-bond acceptors (Lipinski definition) is 4. The fraction of sp³-hybridized carbons (Fsp3) is 0.250. The Morgan fingerprint density at radius 2 is 1.77 bits per heavy atom. The van der Waals surface area contributed by atoms with E-state index in [4.69, 9.17) is 4.74 Å². The monoisotopic (exact) mass is 422 g/mol. The maximum atomic E-state index is 12.9. The number of nitrogens with one attached hydrogen (secondary N) is 1. The number of likely N-dealkylation sites (N-methyl/N-ethyl adjacent to an activating group) is 1. The van der Waals surface area contributed by atoms with Crippen LogP contribution in [0.15, 0.2) is 48.5 Å². The van der Waals surface area contributed by atoms with Crippen LogP contribution in [0, 0.1) is 20.8 Å². The van der Waals surface area contributed by atoms with Crippen LogP contribution in [0.5, 0.6) is 5.75 Å². The fourth-order valence-corrected chi connectivity index (χ4v) is 4.23. The van der Waals surface area contributed by atoms with Crippen LogP contribution in [0.3, 0.4) is 0 Å². The Bertz CT molecular complexity index is 1070. The quantitative estimate of drug-likeness (QED) is 0.604. The van der Waals surface area contributed by atoms with E-state index in [2.05, 4.69) is 5.32 Å². The summed E-state index contributed by atoms with van der Waals surface area (Å²) in [6.45, 7) is 5.95. The SMILES string of the molecule is COc1ccc(-c2cc(C(=O)N(C)CC(=O)Nc3cccc(C)c3C)sc2C)cc1. The van der Waals surface area contributed by atoms with Crippen molar-refractivity contribution in [3.05, 3.63) is 69.4 Å². The Morgan fingerprint density at radius 1 is 1.07 bits per heavy atom. The van der Waals surface area contributed by atoms with Crippen LogP contribution < -0.4 is 10.1 Å². The number of thiophene rings is 1. The molecule has 3 rings (SSSR count). The molecule has 30 heavy (non-hydrogen) atoms. The normalized spacial score (nSPS) is 10.6. The second-order valence-corrected chi connectivity index (χ2v) is 8.52. The molecule has 2 amide bonds. The van der Waals surface area contributed by atoms with Gasteiger partial charge in [0.05, 0.1) is 18.5 Å². The molecule has 0 aliphatic carbocycles. The van der Waals surface area contributed by atoms with Crippen molar-refractivity contribution in [2.45, 2.75) is 20.8 Å². The summed E-state index contributed by atoms with van der Waals surface area (Å²) in [6, 6.07) is 15.4. The second-order valence-electron chi connectivity index (χ2n) is 7.27. The molecular weight excluding hydrogens is 396 g/mol. The van der Waals surface area contributed by atoms with Crippen molar-refractivity contribution in [3.8, 4) is 16.9 Å². The number of methoxy groups -OCH3 is 1.